The van der Waals surface area contributed by atoms with Gasteiger partial charge in [-0.1, -0.05) is 29.3 Å². The molecule has 1 aromatic carbocycles. The molecule has 0 radical (unpaired) electrons. The monoisotopic (exact) mass is 321 g/mol. The van der Waals surface area contributed by atoms with Gasteiger partial charge in [-0.3, -0.25) is 4.79 Å². The van der Waals surface area contributed by atoms with Crippen molar-refractivity contribution >= 4 is 46.8 Å². The van der Waals surface area contributed by atoms with Crippen LogP contribution in [0.2, 0.25) is 10.0 Å². The van der Waals surface area contributed by atoms with Crippen LogP contribution in [0.1, 0.15) is 16.8 Å². The standard InChI is InChI=1S/C12H13Cl2NO3S/c1-19-6-5-9(12(17)18)15-11(16)10-7(13)3-2-4-8(10)14/h2-4,9H,5-6H2,1H3,(H,15,16)(H,17,18)/t9-/m0/s1. The average molecular weight is 322 g/mol. The molecule has 1 amide bonds. The highest BCUT2D eigenvalue weighted by atomic mass is 35.5. The topological polar surface area (TPSA) is 66.4 Å². The molecule has 0 saturated carbocycles. The molecule has 0 aliphatic heterocycles. The SMILES string of the molecule is CSCC[C@H](NC(=O)c1c(Cl)cccc1Cl)C(=O)O. The normalized spacial score (nSPS) is 11.9. The molecule has 7 heteroatoms. The Morgan fingerprint density at radius 3 is 2.42 bits per heavy atom. The van der Waals surface area contributed by atoms with Gasteiger partial charge >= 0.3 is 5.97 Å². The van der Waals surface area contributed by atoms with Crippen LogP contribution in [-0.2, 0) is 4.79 Å². The molecule has 0 unspecified atom stereocenters. The third-order valence-corrected chi connectivity index (χ3v) is 3.68. The molecule has 0 aliphatic rings. The zero-order chi connectivity index (χ0) is 14.4. The van der Waals surface area contributed by atoms with Crippen LogP contribution in [0.5, 0.6) is 0 Å². The third-order valence-electron chi connectivity index (χ3n) is 2.40. The molecular formula is C12H13Cl2NO3S. The molecule has 1 atom stereocenters. The van der Waals surface area contributed by atoms with E-state index in [0.717, 1.165) is 0 Å². The van der Waals surface area contributed by atoms with Crippen molar-refractivity contribution in [2.24, 2.45) is 0 Å². The Labute approximate surface area is 125 Å². The Balaban J connectivity index is 2.85. The molecule has 1 rings (SSSR count). The summed E-state index contributed by atoms with van der Waals surface area (Å²) >= 11 is 13.3. The van der Waals surface area contributed by atoms with Gasteiger partial charge in [-0.2, -0.15) is 11.8 Å². The van der Waals surface area contributed by atoms with Crippen molar-refractivity contribution in [3.05, 3.63) is 33.8 Å². The van der Waals surface area contributed by atoms with Crippen LogP contribution < -0.4 is 5.32 Å². The molecule has 0 heterocycles. The number of benzene rings is 1. The van der Waals surface area contributed by atoms with Crippen LogP contribution >= 0.6 is 35.0 Å². The molecule has 19 heavy (non-hydrogen) atoms. The summed E-state index contributed by atoms with van der Waals surface area (Å²) in [5.74, 6) is -1.03. The third kappa shape index (κ3) is 4.60. The molecule has 1 aromatic rings. The zero-order valence-corrected chi connectivity index (χ0v) is 12.5. The number of carboxylic acids is 1. The highest BCUT2D eigenvalue weighted by molar-refractivity contribution is 7.98. The Kier molecular flexibility index (Phi) is 6.48. The predicted molar refractivity (Wildman–Crippen MR) is 78.4 cm³/mol. The summed E-state index contributed by atoms with van der Waals surface area (Å²) < 4.78 is 0. The van der Waals surface area contributed by atoms with E-state index in [0.29, 0.717) is 12.2 Å². The van der Waals surface area contributed by atoms with Gasteiger partial charge in [0.1, 0.15) is 6.04 Å². The van der Waals surface area contributed by atoms with E-state index >= 15 is 0 Å². The van der Waals surface area contributed by atoms with Gasteiger partial charge in [-0.25, -0.2) is 4.79 Å². The summed E-state index contributed by atoms with van der Waals surface area (Å²) in [6, 6.07) is 3.72. The van der Waals surface area contributed by atoms with E-state index < -0.39 is 17.9 Å². The van der Waals surface area contributed by atoms with Gasteiger partial charge < -0.3 is 10.4 Å². The van der Waals surface area contributed by atoms with E-state index in [1.165, 1.54) is 23.9 Å². The van der Waals surface area contributed by atoms with Crippen molar-refractivity contribution in [3.63, 3.8) is 0 Å². The second kappa shape index (κ2) is 7.62. The minimum Gasteiger partial charge on any atom is -0.480 e. The van der Waals surface area contributed by atoms with Gasteiger partial charge in [-0.05, 0) is 30.6 Å². The summed E-state index contributed by atoms with van der Waals surface area (Å²) in [5.41, 5.74) is 0.0984. The van der Waals surface area contributed by atoms with Crippen LogP contribution in [0.15, 0.2) is 18.2 Å². The molecule has 0 spiro atoms. The molecule has 0 fully saturated rings. The molecule has 2 N–H and O–H groups in total. The zero-order valence-electron chi connectivity index (χ0n) is 10.2. The number of aliphatic carboxylic acids is 1. The van der Waals surface area contributed by atoms with Crippen molar-refractivity contribution in [1.29, 1.82) is 0 Å². The number of carboxylic acid groups (broad SMARTS) is 1. The highest BCUT2D eigenvalue weighted by Crippen LogP contribution is 2.24. The summed E-state index contributed by atoms with van der Waals surface area (Å²) in [4.78, 5) is 23.1. The number of carbonyl (C=O) groups excluding carboxylic acids is 1. The molecule has 0 saturated heterocycles. The summed E-state index contributed by atoms with van der Waals surface area (Å²) in [6.07, 6.45) is 2.20. The lowest BCUT2D eigenvalue weighted by Gasteiger charge is -2.15. The van der Waals surface area contributed by atoms with Gasteiger partial charge in [0.05, 0.1) is 15.6 Å². The average Bonchev–Trinajstić information content (AvgIpc) is 2.33. The van der Waals surface area contributed by atoms with E-state index in [9.17, 15) is 9.59 Å². The molecule has 0 bridgehead atoms. The largest absolute Gasteiger partial charge is 0.480 e. The first-order valence-electron chi connectivity index (χ1n) is 5.44. The summed E-state index contributed by atoms with van der Waals surface area (Å²) in [5, 5.41) is 11.9. The van der Waals surface area contributed by atoms with E-state index in [2.05, 4.69) is 5.32 Å². The van der Waals surface area contributed by atoms with Crippen LogP contribution in [0, 0.1) is 0 Å². The lowest BCUT2D eigenvalue weighted by atomic mass is 10.1. The second-order valence-corrected chi connectivity index (χ2v) is 5.54. The van der Waals surface area contributed by atoms with Gasteiger partial charge in [0, 0.05) is 0 Å². The number of rotatable bonds is 6. The maximum Gasteiger partial charge on any atom is 0.326 e. The quantitative estimate of drug-likeness (QED) is 0.845. The van der Waals surface area contributed by atoms with Crippen LogP contribution in [-0.4, -0.2) is 35.0 Å². The number of halogens is 2. The first-order chi connectivity index (χ1) is 8.97. The van der Waals surface area contributed by atoms with Crippen LogP contribution in [0.4, 0.5) is 0 Å². The Morgan fingerprint density at radius 2 is 1.95 bits per heavy atom. The first-order valence-corrected chi connectivity index (χ1v) is 7.59. The van der Waals surface area contributed by atoms with Gasteiger partial charge in [0.25, 0.3) is 5.91 Å². The van der Waals surface area contributed by atoms with Crippen LogP contribution in [0.3, 0.4) is 0 Å². The molecule has 104 valence electrons. The number of thioether (sulfide) groups is 1. The van der Waals surface area contributed by atoms with Crippen molar-refractivity contribution in [3.8, 4) is 0 Å². The molecule has 0 aliphatic carbocycles. The lowest BCUT2D eigenvalue weighted by Crippen LogP contribution is -2.41. The number of hydrogen-bond acceptors (Lipinski definition) is 3. The van der Waals surface area contributed by atoms with Crippen molar-refractivity contribution in [2.45, 2.75) is 12.5 Å². The summed E-state index contributed by atoms with van der Waals surface area (Å²) in [6.45, 7) is 0. The smallest absolute Gasteiger partial charge is 0.326 e. The number of carbonyl (C=O) groups is 2. The van der Waals surface area contributed by atoms with E-state index in [1.54, 1.807) is 6.07 Å². The minimum absolute atomic E-state index is 0.0984. The number of amides is 1. The van der Waals surface area contributed by atoms with E-state index in [-0.39, 0.29) is 15.6 Å². The molecular weight excluding hydrogens is 309 g/mol. The predicted octanol–water partition coefficient (Wildman–Crippen LogP) is 2.93. The van der Waals surface area contributed by atoms with Gasteiger partial charge in [-0.15, -0.1) is 0 Å². The van der Waals surface area contributed by atoms with E-state index in [4.69, 9.17) is 28.3 Å². The number of nitrogens with one attached hydrogen (secondary N) is 1. The van der Waals surface area contributed by atoms with Crippen molar-refractivity contribution in [1.82, 2.24) is 5.32 Å². The fourth-order valence-corrected chi connectivity index (χ4v) is 2.48. The van der Waals surface area contributed by atoms with Crippen molar-refractivity contribution < 1.29 is 14.7 Å². The Morgan fingerprint density at radius 1 is 1.37 bits per heavy atom. The Hall–Kier alpha value is -0.910. The van der Waals surface area contributed by atoms with Gasteiger partial charge in [0.15, 0.2) is 0 Å². The number of hydrogen-bond donors (Lipinski definition) is 2. The molecule has 4 nitrogen and oxygen atoms in total. The fraction of sp³-hybridized carbons (Fsp3) is 0.333. The highest BCUT2D eigenvalue weighted by Gasteiger charge is 2.22. The maximum absolute atomic E-state index is 12.0. The molecule has 0 aromatic heterocycles. The lowest BCUT2D eigenvalue weighted by molar-refractivity contribution is -0.139. The fourth-order valence-electron chi connectivity index (χ4n) is 1.44. The van der Waals surface area contributed by atoms with Crippen molar-refractivity contribution in [2.75, 3.05) is 12.0 Å². The second-order valence-electron chi connectivity index (χ2n) is 3.74. The van der Waals surface area contributed by atoms with E-state index in [1.807, 2.05) is 6.26 Å². The minimum atomic E-state index is -1.08. The maximum atomic E-state index is 12.0. The summed E-state index contributed by atoms with van der Waals surface area (Å²) in [7, 11) is 0. The van der Waals surface area contributed by atoms with Gasteiger partial charge in [0.2, 0.25) is 0 Å². The Bertz CT molecular complexity index is 462. The van der Waals surface area contributed by atoms with Crippen LogP contribution in [0.25, 0.3) is 0 Å². The first kappa shape index (κ1) is 16.1.